The number of phenolic OH excluding ortho intramolecular Hbond substituents is 1. The number of rotatable bonds is 37. The molecule has 426 valence electrons. The Morgan fingerprint density at radius 2 is 1.18 bits per heavy atom. The number of nitrogens with one attached hydrogen (secondary N) is 9. The number of aromatic nitrogens is 1. The first-order valence-corrected chi connectivity index (χ1v) is 28.7. The lowest BCUT2D eigenvalue weighted by Crippen LogP contribution is -2.61. The van der Waals surface area contributed by atoms with Gasteiger partial charge in [-0.05, 0) is 121 Å². The molecule has 8 atom stereocenters. The molecule has 0 bridgehead atoms. The van der Waals surface area contributed by atoms with E-state index >= 15 is 0 Å². The molecule has 0 aliphatic heterocycles. The van der Waals surface area contributed by atoms with Crippen molar-refractivity contribution in [3.8, 4) is 5.75 Å². The highest BCUT2D eigenvalue weighted by molar-refractivity contribution is 7.99. The quantitative estimate of drug-likeness (QED) is 0.0292. The van der Waals surface area contributed by atoms with Crippen LogP contribution in [-0.4, -0.2) is 148 Å². The number of thioether (sulfide) groups is 2. The number of likely N-dealkylation sites (N-methyl/N-ethyl adjacent to an activating group) is 2. The molecule has 3 rings (SSSR count). The van der Waals surface area contributed by atoms with Crippen LogP contribution in [0.25, 0.3) is 10.9 Å². The summed E-state index contributed by atoms with van der Waals surface area (Å²) in [5, 5.41) is 33.1. The van der Waals surface area contributed by atoms with Gasteiger partial charge >= 0.3 is 0 Å². The molecule has 0 radical (unpaired) electrons. The van der Waals surface area contributed by atoms with Gasteiger partial charge in [0.15, 0.2) is 0 Å². The number of H-pyrrole nitrogens is 1. The molecule has 0 saturated carbocycles. The molecule has 1 heterocycles. The molecular weight excluding hydrogens is 1020 g/mol. The van der Waals surface area contributed by atoms with Crippen molar-refractivity contribution in [1.29, 1.82) is 0 Å². The van der Waals surface area contributed by atoms with Gasteiger partial charge in [0.2, 0.25) is 41.4 Å². The standard InChI is InChI=1S/C55H84N10O10S2/c1-34(2)27-40(31-66)62-50(72)44(23-24-47(56)69)63-48(70)35(3)60-51(73)46(29-39-30-59-43-18-14-13-17-42(39)43)65-52(74)45(28-38-19-21-41(68)22-20-38)64-49(71)36(4)61-53(75)55(7,58-9)33-77-26-16-12-10-11-15-25-76-32-54(6,57-8)37(5)67/h13-14,17-22,30-31,34-36,40,44-46,57-59,68H,10-12,15-16,23-29,32-33H2,1-9H3,(H2,56,69)(H,60,73)(H,61,75)(H,62,72)(H,63,70)(H,64,71)(H,65,74)/t35?,36?,40-,44-,45-,46-,54-,55+/m0/s1. The predicted molar refractivity (Wildman–Crippen MR) is 304 cm³/mol. The van der Waals surface area contributed by atoms with Gasteiger partial charge < -0.3 is 63.2 Å². The van der Waals surface area contributed by atoms with Gasteiger partial charge in [0.1, 0.15) is 53.6 Å². The number of para-hydroxylation sites is 1. The minimum atomic E-state index is -1.34. The normalized spacial score (nSPS) is 15.3. The smallest absolute Gasteiger partial charge is 0.243 e. The van der Waals surface area contributed by atoms with E-state index in [0.29, 0.717) is 29.6 Å². The van der Waals surface area contributed by atoms with E-state index in [9.17, 15) is 48.3 Å². The van der Waals surface area contributed by atoms with E-state index in [-0.39, 0.29) is 43.1 Å². The molecule has 0 saturated heterocycles. The average molecular weight is 1110 g/mol. The van der Waals surface area contributed by atoms with Crippen LogP contribution in [0.4, 0.5) is 0 Å². The summed E-state index contributed by atoms with van der Waals surface area (Å²) in [5.41, 5.74) is 5.79. The summed E-state index contributed by atoms with van der Waals surface area (Å²) in [4.78, 5) is 122. The number of aromatic hydroxyl groups is 1. The van der Waals surface area contributed by atoms with E-state index in [1.165, 1.54) is 26.0 Å². The lowest BCUT2D eigenvalue weighted by atomic mass is 10.0. The van der Waals surface area contributed by atoms with Gasteiger partial charge in [-0.25, -0.2) is 0 Å². The Morgan fingerprint density at radius 1 is 0.662 bits per heavy atom. The maximum atomic E-state index is 14.5. The lowest BCUT2D eigenvalue weighted by Gasteiger charge is -2.30. The lowest BCUT2D eigenvalue weighted by molar-refractivity contribution is -0.135. The number of aldehydes is 1. The zero-order chi connectivity index (χ0) is 57.3. The Morgan fingerprint density at radius 3 is 1.75 bits per heavy atom. The Balaban J connectivity index is 1.74. The number of unbranched alkanes of at least 4 members (excludes halogenated alkanes) is 4. The number of Topliss-reactive ketones (excluding diaryl/α,β-unsaturated/α-hetero) is 1. The Bertz CT molecular complexity index is 2440. The van der Waals surface area contributed by atoms with Crippen molar-refractivity contribution in [2.75, 3.05) is 37.1 Å². The molecule has 2 aromatic carbocycles. The topological polar surface area (TPSA) is 312 Å². The van der Waals surface area contributed by atoms with Gasteiger partial charge in [0.05, 0.1) is 11.6 Å². The number of carbonyl (C=O) groups is 9. The third-order valence-corrected chi connectivity index (χ3v) is 16.2. The first kappa shape index (κ1) is 65.3. The highest BCUT2D eigenvalue weighted by Crippen LogP contribution is 2.21. The molecule has 7 amide bonds. The van der Waals surface area contributed by atoms with Gasteiger partial charge in [-0.1, -0.05) is 63.4 Å². The summed E-state index contributed by atoms with van der Waals surface area (Å²) >= 11 is 3.42. The number of benzene rings is 2. The monoisotopic (exact) mass is 1110 g/mol. The number of aromatic amines is 1. The molecule has 77 heavy (non-hydrogen) atoms. The molecule has 2 unspecified atom stereocenters. The van der Waals surface area contributed by atoms with Crippen LogP contribution in [0.3, 0.4) is 0 Å². The number of phenols is 1. The number of ketones is 1. The summed E-state index contributed by atoms with van der Waals surface area (Å²) in [7, 11) is 3.49. The second-order valence-electron chi connectivity index (χ2n) is 20.5. The molecule has 0 aliphatic rings. The second-order valence-corrected chi connectivity index (χ2v) is 22.7. The Kier molecular flexibility index (Phi) is 27.7. The molecule has 22 heteroatoms. The molecule has 0 aliphatic carbocycles. The minimum absolute atomic E-state index is 0.0209. The van der Waals surface area contributed by atoms with Gasteiger partial charge in [0.25, 0.3) is 0 Å². The number of carbonyl (C=O) groups excluding carboxylic acids is 9. The zero-order valence-corrected chi connectivity index (χ0v) is 47.9. The van der Waals surface area contributed by atoms with E-state index in [1.54, 1.807) is 62.7 Å². The van der Waals surface area contributed by atoms with E-state index < -0.39 is 88.7 Å². The number of nitrogens with two attached hydrogens (primary N) is 1. The number of primary amides is 1. The van der Waals surface area contributed by atoms with Gasteiger partial charge in [0, 0.05) is 47.9 Å². The van der Waals surface area contributed by atoms with Crippen molar-refractivity contribution in [2.45, 2.75) is 160 Å². The van der Waals surface area contributed by atoms with Crippen molar-refractivity contribution < 1.29 is 48.3 Å². The number of amides is 7. The zero-order valence-electron chi connectivity index (χ0n) is 46.2. The van der Waals surface area contributed by atoms with Crippen LogP contribution in [0.1, 0.15) is 111 Å². The van der Waals surface area contributed by atoms with E-state index in [2.05, 4.69) is 47.5 Å². The molecule has 20 nitrogen and oxygen atoms in total. The highest BCUT2D eigenvalue weighted by Gasteiger charge is 2.36. The van der Waals surface area contributed by atoms with Crippen LogP contribution >= 0.6 is 23.5 Å². The first-order chi connectivity index (χ1) is 36.4. The largest absolute Gasteiger partial charge is 0.508 e. The van der Waals surface area contributed by atoms with E-state index in [4.69, 9.17) is 5.73 Å². The summed E-state index contributed by atoms with van der Waals surface area (Å²) in [6, 6.07) is 6.16. The summed E-state index contributed by atoms with van der Waals surface area (Å²) in [6.45, 7) is 11.9. The van der Waals surface area contributed by atoms with Crippen molar-refractivity contribution in [3.05, 3.63) is 65.9 Å². The van der Waals surface area contributed by atoms with Gasteiger partial charge in [-0.15, -0.1) is 0 Å². The fraction of sp³-hybridized carbons (Fsp3) is 0.582. The molecule has 12 N–H and O–H groups in total. The summed E-state index contributed by atoms with van der Waals surface area (Å²) in [5.74, 6) is -1.73. The highest BCUT2D eigenvalue weighted by atomic mass is 32.2. The van der Waals surface area contributed by atoms with E-state index in [1.807, 2.05) is 52.1 Å². The third kappa shape index (κ3) is 22.1. The number of hydrogen-bond acceptors (Lipinski definition) is 14. The van der Waals surface area contributed by atoms with Crippen molar-refractivity contribution in [1.82, 2.24) is 47.5 Å². The SMILES string of the molecule is CN[C@](C)(CSCCCCCCCSC[C@](C)(NC)C(C)=O)C(=O)NC(C)C(=O)N[C@@H](Cc1ccc(O)cc1)C(=O)N[C@@H](Cc1c[nH]c2ccccc12)C(=O)NC(C)C(=O)N[C@@H](CCC(N)=O)C(=O)N[C@H](C=O)CC(C)C. The van der Waals surface area contributed by atoms with Crippen LogP contribution in [0.5, 0.6) is 5.75 Å². The number of hydrogen-bond donors (Lipinski definition) is 11. The summed E-state index contributed by atoms with van der Waals surface area (Å²) < 4.78 is 0. The van der Waals surface area contributed by atoms with Crippen molar-refractivity contribution in [3.63, 3.8) is 0 Å². The van der Waals surface area contributed by atoms with E-state index in [0.717, 1.165) is 60.3 Å². The van der Waals surface area contributed by atoms with Crippen LogP contribution in [0.15, 0.2) is 54.7 Å². The Labute approximate surface area is 462 Å². The van der Waals surface area contributed by atoms with Crippen LogP contribution in [0.2, 0.25) is 0 Å². The van der Waals surface area contributed by atoms with Crippen LogP contribution in [0, 0.1) is 5.92 Å². The average Bonchev–Trinajstić information content (AvgIpc) is 3.80. The van der Waals surface area contributed by atoms with Crippen LogP contribution < -0.4 is 48.3 Å². The van der Waals surface area contributed by atoms with Crippen molar-refractivity contribution >= 4 is 87.8 Å². The maximum absolute atomic E-state index is 14.5. The van der Waals surface area contributed by atoms with Gasteiger partial charge in [-0.2, -0.15) is 23.5 Å². The first-order valence-electron chi connectivity index (χ1n) is 26.4. The van der Waals surface area contributed by atoms with Gasteiger partial charge in [-0.3, -0.25) is 38.4 Å². The minimum Gasteiger partial charge on any atom is -0.508 e. The van der Waals surface area contributed by atoms with Crippen molar-refractivity contribution in [2.24, 2.45) is 11.7 Å². The predicted octanol–water partition coefficient (Wildman–Crippen LogP) is 3.08. The fourth-order valence-corrected chi connectivity index (χ4v) is 10.6. The Hall–Kier alpha value is -5.97. The molecule has 1 aromatic heterocycles. The molecule has 0 fully saturated rings. The fourth-order valence-electron chi connectivity index (χ4n) is 8.06. The summed E-state index contributed by atoms with van der Waals surface area (Å²) in [6.07, 6.45) is 7.30. The molecule has 3 aromatic rings. The van der Waals surface area contributed by atoms with Crippen LogP contribution in [-0.2, 0) is 56.0 Å². The maximum Gasteiger partial charge on any atom is 0.243 e. The second kappa shape index (κ2) is 32.7. The molecular formula is C55H84N10O10S2. The molecule has 0 spiro atoms. The number of fused-ring (bicyclic) bond motifs is 1. The third-order valence-electron chi connectivity index (χ3n) is 13.5.